The minimum Gasteiger partial charge on any atom is -0.452 e. The zero-order chi connectivity index (χ0) is 12.4. The van der Waals surface area contributed by atoms with Crippen molar-refractivity contribution >= 4 is 21.8 Å². The highest BCUT2D eigenvalue weighted by molar-refractivity contribution is 9.10. The number of amides is 1. The molecular formula is C12H17BrN2O2. The highest BCUT2D eigenvalue weighted by Crippen LogP contribution is 2.26. The Morgan fingerprint density at radius 1 is 1.59 bits per heavy atom. The van der Waals surface area contributed by atoms with Crippen molar-refractivity contribution in [2.45, 2.75) is 31.8 Å². The molecule has 1 aliphatic rings. The van der Waals surface area contributed by atoms with Crippen molar-refractivity contribution in [1.29, 1.82) is 0 Å². The van der Waals surface area contributed by atoms with Crippen LogP contribution in [0.2, 0.25) is 0 Å². The lowest BCUT2D eigenvalue weighted by Gasteiger charge is -2.22. The summed E-state index contributed by atoms with van der Waals surface area (Å²) in [6.07, 6.45) is 2.92. The number of carbonyl (C=O) groups excluding carboxylic acids is 1. The van der Waals surface area contributed by atoms with Gasteiger partial charge < -0.3 is 15.1 Å². The van der Waals surface area contributed by atoms with Crippen LogP contribution in [0, 0.1) is 5.92 Å². The molecule has 2 rings (SSSR count). The fourth-order valence-corrected chi connectivity index (χ4v) is 2.67. The molecule has 0 bridgehead atoms. The summed E-state index contributed by atoms with van der Waals surface area (Å²) in [5.41, 5.74) is 5.94. The molecule has 17 heavy (non-hydrogen) atoms. The summed E-state index contributed by atoms with van der Waals surface area (Å²) in [5.74, 6) is 0.889. The molecule has 1 heterocycles. The number of rotatable bonds is 3. The quantitative estimate of drug-likeness (QED) is 0.930. The van der Waals surface area contributed by atoms with Crippen LogP contribution in [0.3, 0.4) is 0 Å². The Kier molecular flexibility index (Phi) is 3.89. The van der Waals surface area contributed by atoms with E-state index < -0.39 is 0 Å². The topological polar surface area (TPSA) is 59.5 Å². The molecule has 1 amide bonds. The third kappa shape index (κ3) is 2.90. The highest BCUT2D eigenvalue weighted by Gasteiger charge is 2.32. The number of halogens is 1. The van der Waals surface area contributed by atoms with Crippen LogP contribution in [-0.4, -0.2) is 23.9 Å². The average molecular weight is 301 g/mol. The molecule has 0 saturated heterocycles. The van der Waals surface area contributed by atoms with Gasteiger partial charge in [0.25, 0.3) is 0 Å². The summed E-state index contributed by atoms with van der Waals surface area (Å²) >= 11 is 3.24. The SMILES string of the molecule is CN(Cc1ccc(Br)o1)C(=O)C1CCCC1N. The lowest BCUT2D eigenvalue weighted by molar-refractivity contribution is -0.135. The lowest BCUT2D eigenvalue weighted by atomic mass is 10.0. The van der Waals surface area contributed by atoms with Gasteiger partial charge >= 0.3 is 0 Å². The first kappa shape index (κ1) is 12.6. The monoisotopic (exact) mass is 300 g/mol. The van der Waals surface area contributed by atoms with Crippen LogP contribution >= 0.6 is 15.9 Å². The van der Waals surface area contributed by atoms with Gasteiger partial charge in [-0.25, -0.2) is 0 Å². The maximum atomic E-state index is 12.2. The van der Waals surface area contributed by atoms with Crippen LogP contribution in [0.1, 0.15) is 25.0 Å². The second kappa shape index (κ2) is 5.23. The maximum Gasteiger partial charge on any atom is 0.227 e. The molecule has 1 saturated carbocycles. The minimum absolute atomic E-state index is 0.0154. The first-order chi connectivity index (χ1) is 8.08. The van der Waals surface area contributed by atoms with Gasteiger partial charge in [0.1, 0.15) is 5.76 Å². The standard InChI is InChI=1S/C12H17BrN2O2/c1-15(7-8-5-6-11(13)17-8)12(16)9-3-2-4-10(9)14/h5-6,9-10H,2-4,7,14H2,1H3. The molecule has 0 aromatic carbocycles. The Balaban J connectivity index is 1.95. The third-order valence-electron chi connectivity index (χ3n) is 3.28. The highest BCUT2D eigenvalue weighted by atomic mass is 79.9. The fourth-order valence-electron chi connectivity index (χ4n) is 2.33. The van der Waals surface area contributed by atoms with Crippen LogP contribution in [0.5, 0.6) is 0 Å². The number of furan rings is 1. The first-order valence-electron chi connectivity index (χ1n) is 5.82. The van der Waals surface area contributed by atoms with Crippen molar-refractivity contribution < 1.29 is 9.21 Å². The molecular weight excluding hydrogens is 284 g/mol. The Labute approximate surface area is 109 Å². The van der Waals surface area contributed by atoms with Crippen molar-refractivity contribution in [3.63, 3.8) is 0 Å². The molecule has 94 valence electrons. The van der Waals surface area contributed by atoms with Gasteiger partial charge in [0.2, 0.25) is 5.91 Å². The molecule has 5 heteroatoms. The van der Waals surface area contributed by atoms with E-state index in [-0.39, 0.29) is 17.9 Å². The maximum absolute atomic E-state index is 12.2. The molecule has 0 radical (unpaired) electrons. The van der Waals surface area contributed by atoms with Gasteiger partial charge in [-0.2, -0.15) is 0 Å². The number of hydrogen-bond donors (Lipinski definition) is 1. The van der Waals surface area contributed by atoms with Gasteiger partial charge in [-0.15, -0.1) is 0 Å². The van der Waals surface area contributed by atoms with Gasteiger partial charge in [-0.05, 0) is 40.9 Å². The molecule has 0 spiro atoms. The van der Waals surface area contributed by atoms with Crippen molar-refractivity contribution in [3.05, 3.63) is 22.6 Å². The van der Waals surface area contributed by atoms with Crippen LogP contribution in [0.15, 0.2) is 21.2 Å². The van der Waals surface area contributed by atoms with E-state index in [2.05, 4.69) is 15.9 Å². The molecule has 2 N–H and O–H groups in total. The predicted octanol–water partition coefficient (Wildman–Crippen LogP) is 2.13. The Morgan fingerprint density at radius 3 is 2.88 bits per heavy atom. The molecule has 1 aromatic rings. The van der Waals surface area contributed by atoms with E-state index in [1.54, 1.807) is 11.9 Å². The van der Waals surface area contributed by atoms with E-state index >= 15 is 0 Å². The zero-order valence-corrected chi connectivity index (χ0v) is 11.4. The van der Waals surface area contributed by atoms with Crippen molar-refractivity contribution in [2.75, 3.05) is 7.05 Å². The van der Waals surface area contributed by atoms with Gasteiger partial charge in [0.15, 0.2) is 4.67 Å². The van der Waals surface area contributed by atoms with E-state index in [0.29, 0.717) is 11.2 Å². The summed E-state index contributed by atoms with van der Waals surface area (Å²) < 4.78 is 6.07. The Bertz CT molecular complexity index is 405. The normalized spacial score (nSPS) is 23.9. The first-order valence-corrected chi connectivity index (χ1v) is 6.62. The molecule has 2 atom stereocenters. The van der Waals surface area contributed by atoms with E-state index in [9.17, 15) is 4.79 Å². The lowest BCUT2D eigenvalue weighted by Crippen LogP contribution is -2.39. The smallest absolute Gasteiger partial charge is 0.227 e. The van der Waals surface area contributed by atoms with Crippen LogP contribution in [0.25, 0.3) is 0 Å². The van der Waals surface area contributed by atoms with Crippen LogP contribution in [0.4, 0.5) is 0 Å². The number of nitrogens with zero attached hydrogens (tertiary/aromatic N) is 1. The summed E-state index contributed by atoms with van der Waals surface area (Å²) in [6, 6.07) is 3.71. The van der Waals surface area contributed by atoms with Crippen molar-refractivity contribution in [2.24, 2.45) is 11.7 Å². The van der Waals surface area contributed by atoms with Crippen LogP contribution < -0.4 is 5.73 Å². The summed E-state index contributed by atoms with van der Waals surface area (Å²) in [5, 5.41) is 0. The van der Waals surface area contributed by atoms with Crippen LogP contribution in [-0.2, 0) is 11.3 Å². The number of carbonyl (C=O) groups is 1. The number of nitrogens with two attached hydrogens (primary N) is 1. The predicted molar refractivity (Wildman–Crippen MR) is 68.2 cm³/mol. The third-order valence-corrected chi connectivity index (χ3v) is 3.71. The van der Waals surface area contributed by atoms with Gasteiger partial charge in [0, 0.05) is 13.1 Å². The second-order valence-electron chi connectivity index (χ2n) is 4.60. The second-order valence-corrected chi connectivity index (χ2v) is 5.38. The van der Waals surface area contributed by atoms with Gasteiger partial charge in [-0.1, -0.05) is 6.42 Å². The Hall–Kier alpha value is -0.810. The Morgan fingerprint density at radius 2 is 2.35 bits per heavy atom. The average Bonchev–Trinajstić information content (AvgIpc) is 2.86. The molecule has 2 unspecified atom stereocenters. The molecule has 0 aliphatic heterocycles. The van der Waals surface area contributed by atoms with Gasteiger partial charge in [0.05, 0.1) is 12.5 Å². The zero-order valence-electron chi connectivity index (χ0n) is 9.86. The van der Waals surface area contributed by atoms with Crippen molar-refractivity contribution in [3.8, 4) is 0 Å². The summed E-state index contributed by atoms with van der Waals surface area (Å²) in [4.78, 5) is 13.9. The molecule has 1 aromatic heterocycles. The number of hydrogen-bond acceptors (Lipinski definition) is 3. The van der Waals surface area contributed by atoms with Gasteiger partial charge in [-0.3, -0.25) is 4.79 Å². The van der Waals surface area contributed by atoms with E-state index in [4.69, 9.17) is 10.2 Å². The summed E-state index contributed by atoms with van der Waals surface area (Å²) in [6.45, 7) is 0.494. The molecule has 1 aliphatic carbocycles. The molecule has 1 fully saturated rings. The van der Waals surface area contributed by atoms with Crippen molar-refractivity contribution in [1.82, 2.24) is 4.90 Å². The molecule has 4 nitrogen and oxygen atoms in total. The van der Waals surface area contributed by atoms with E-state index in [1.165, 1.54) is 0 Å². The summed E-state index contributed by atoms with van der Waals surface area (Å²) in [7, 11) is 1.80. The fraction of sp³-hybridized carbons (Fsp3) is 0.583. The largest absolute Gasteiger partial charge is 0.452 e. The van der Waals surface area contributed by atoms with E-state index in [1.807, 2.05) is 12.1 Å². The minimum atomic E-state index is -0.0154. The van der Waals surface area contributed by atoms with E-state index in [0.717, 1.165) is 25.0 Å².